The van der Waals surface area contributed by atoms with Crippen molar-refractivity contribution in [3.05, 3.63) is 58.9 Å². The van der Waals surface area contributed by atoms with Crippen molar-refractivity contribution in [2.24, 2.45) is 0 Å². The first-order valence-corrected chi connectivity index (χ1v) is 6.60. The van der Waals surface area contributed by atoms with E-state index < -0.39 is 5.97 Å². The zero-order chi connectivity index (χ0) is 14.8. The van der Waals surface area contributed by atoms with Crippen molar-refractivity contribution < 1.29 is 14.6 Å². The fourth-order valence-electron chi connectivity index (χ4n) is 2.05. The van der Waals surface area contributed by atoms with Gasteiger partial charge in [-0.05, 0) is 24.3 Å². The van der Waals surface area contributed by atoms with Crippen molar-refractivity contribution in [1.82, 2.24) is 9.97 Å². The monoisotopic (exact) mass is 302 g/mol. The second-order valence-electron chi connectivity index (χ2n) is 4.44. The van der Waals surface area contributed by atoms with Crippen LogP contribution in [0.4, 0.5) is 0 Å². The van der Waals surface area contributed by atoms with Crippen LogP contribution >= 0.6 is 11.6 Å². The second kappa shape index (κ2) is 5.46. The number of fused-ring (bicyclic) bond motifs is 1. The highest BCUT2D eigenvalue weighted by Crippen LogP contribution is 2.25. The molecular formula is C15H11ClN2O3. The highest BCUT2D eigenvalue weighted by Gasteiger charge is 2.12. The number of aromatic amines is 1. The highest BCUT2D eigenvalue weighted by atomic mass is 35.5. The van der Waals surface area contributed by atoms with Crippen LogP contribution in [0.5, 0.6) is 5.75 Å². The lowest BCUT2D eigenvalue weighted by Crippen LogP contribution is -1.98. The average molecular weight is 303 g/mol. The van der Waals surface area contributed by atoms with Crippen LogP contribution in [-0.2, 0) is 6.61 Å². The van der Waals surface area contributed by atoms with Crippen molar-refractivity contribution in [2.75, 3.05) is 0 Å². The number of aromatic nitrogens is 2. The van der Waals surface area contributed by atoms with Gasteiger partial charge >= 0.3 is 5.97 Å². The van der Waals surface area contributed by atoms with Gasteiger partial charge in [-0.3, -0.25) is 4.98 Å². The van der Waals surface area contributed by atoms with E-state index >= 15 is 0 Å². The minimum absolute atomic E-state index is 0.184. The Morgan fingerprint density at radius 3 is 2.90 bits per heavy atom. The number of nitrogens with zero attached hydrogens (tertiary/aromatic N) is 1. The second-order valence-corrected chi connectivity index (χ2v) is 4.84. The largest absolute Gasteiger partial charge is 0.486 e. The molecule has 3 aromatic rings. The minimum atomic E-state index is -0.997. The van der Waals surface area contributed by atoms with Gasteiger partial charge in [-0.15, -0.1) is 0 Å². The number of carboxylic acids is 1. The molecule has 0 saturated heterocycles. The summed E-state index contributed by atoms with van der Waals surface area (Å²) in [6.07, 6.45) is 1.47. The van der Waals surface area contributed by atoms with Gasteiger partial charge in [0.05, 0.1) is 27.3 Å². The zero-order valence-electron chi connectivity index (χ0n) is 10.8. The number of nitrogens with one attached hydrogen (secondary N) is 1. The summed E-state index contributed by atoms with van der Waals surface area (Å²) in [6.45, 7) is 0.249. The van der Waals surface area contributed by atoms with E-state index in [2.05, 4.69) is 9.97 Å². The molecule has 1 aromatic carbocycles. The van der Waals surface area contributed by atoms with Gasteiger partial charge in [0, 0.05) is 6.20 Å². The smallest absolute Gasteiger partial charge is 0.337 e. The number of carboxylic acid groups (broad SMARTS) is 1. The van der Waals surface area contributed by atoms with Crippen LogP contribution in [0, 0.1) is 0 Å². The van der Waals surface area contributed by atoms with Crippen LogP contribution in [0.15, 0.2) is 42.6 Å². The molecule has 0 fully saturated rings. The molecule has 0 aliphatic heterocycles. The molecule has 0 bridgehead atoms. The third-order valence-corrected chi connectivity index (χ3v) is 3.34. The number of hydrogen-bond acceptors (Lipinski definition) is 3. The lowest BCUT2D eigenvalue weighted by atomic mass is 10.2. The van der Waals surface area contributed by atoms with Crippen LogP contribution in [0.25, 0.3) is 11.0 Å². The minimum Gasteiger partial charge on any atom is -0.486 e. The van der Waals surface area contributed by atoms with E-state index in [4.69, 9.17) is 21.4 Å². The lowest BCUT2D eigenvalue weighted by molar-refractivity contribution is 0.0698. The molecule has 0 radical (unpaired) electrons. The molecule has 0 aliphatic rings. The van der Waals surface area contributed by atoms with E-state index in [1.54, 1.807) is 18.2 Å². The molecule has 21 heavy (non-hydrogen) atoms. The third kappa shape index (κ3) is 2.68. The van der Waals surface area contributed by atoms with Gasteiger partial charge in [-0.1, -0.05) is 23.7 Å². The first kappa shape index (κ1) is 13.5. The number of aromatic carboxylic acids is 1. The van der Waals surface area contributed by atoms with E-state index in [0.29, 0.717) is 21.8 Å². The summed E-state index contributed by atoms with van der Waals surface area (Å²) in [6, 6.07) is 10.4. The van der Waals surface area contributed by atoms with Gasteiger partial charge < -0.3 is 14.8 Å². The number of pyridine rings is 1. The standard InChI is InChI=1S/C15H11ClN2O3/c16-11-3-1-2-4-13(11)21-8-9-7-12-14(18-9)10(15(19)20)5-6-17-12/h1-7,18H,8H2,(H,19,20). The number of para-hydroxylation sites is 1. The van der Waals surface area contributed by atoms with Crippen LogP contribution in [-0.4, -0.2) is 21.0 Å². The normalized spacial score (nSPS) is 10.7. The maximum absolute atomic E-state index is 11.2. The zero-order valence-corrected chi connectivity index (χ0v) is 11.6. The summed E-state index contributed by atoms with van der Waals surface area (Å²) in [5.41, 5.74) is 1.99. The van der Waals surface area contributed by atoms with Gasteiger partial charge in [0.15, 0.2) is 0 Å². The van der Waals surface area contributed by atoms with Crippen LogP contribution in [0.2, 0.25) is 5.02 Å². The number of benzene rings is 1. The Morgan fingerprint density at radius 1 is 1.33 bits per heavy atom. The van der Waals surface area contributed by atoms with E-state index in [-0.39, 0.29) is 12.2 Å². The van der Waals surface area contributed by atoms with Crippen molar-refractivity contribution in [3.63, 3.8) is 0 Å². The summed E-state index contributed by atoms with van der Waals surface area (Å²) in [4.78, 5) is 18.3. The molecule has 0 amide bonds. The number of H-pyrrole nitrogens is 1. The molecule has 0 unspecified atom stereocenters. The molecular weight excluding hydrogens is 292 g/mol. The number of ether oxygens (including phenoxy) is 1. The summed E-state index contributed by atoms with van der Waals surface area (Å²) < 4.78 is 5.61. The molecule has 0 spiro atoms. The van der Waals surface area contributed by atoms with Crippen molar-refractivity contribution in [3.8, 4) is 5.75 Å². The Kier molecular flexibility index (Phi) is 3.50. The van der Waals surface area contributed by atoms with Crippen molar-refractivity contribution in [1.29, 1.82) is 0 Å². The Bertz CT molecular complexity index is 814. The van der Waals surface area contributed by atoms with Gasteiger partial charge in [0.2, 0.25) is 0 Å². The predicted octanol–water partition coefficient (Wildman–Crippen LogP) is 3.49. The molecule has 2 aromatic heterocycles. The van der Waals surface area contributed by atoms with Crippen LogP contribution < -0.4 is 4.74 Å². The van der Waals surface area contributed by atoms with E-state index in [0.717, 1.165) is 5.69 Å². The SMILES string of the molecule is O=C(O)c1ccnc2cc(COc3ccccc3Cl)[nH]c12. The molecule has 2 heterocycles. The number of hydrogen-bond donors (Lipinski definition) is 2. The van der Waals surface area contributed by atoms with E-state index in [1.807, 2.05) is 12.1 Å². The summed E-state index contributed by atoms with van der Waals surface area (Å²) in [5.74, 6) is -0.424. The number of halogens is 1. The van der Waals surface area contributed by atoms with E-state index in [9.17, 15) is 4.79 Å². The number of carbonyl (C=O) groups is 1. The fourth-order valence-corrected chi connectivity index (χ4v) is 2.24. The molecule has 2 N–H and O–H groups in total. The predicted molar refractivity (Wildman–Crippen MR) is 78.8 cm³/mol. The van der Waals surface area contributed by atoms with Crippen molar-refractivity contribution in [2.45, 2.75) is 6.61 Å². The molecule has 0 atom stereocenters. The van der Waals surface area contributed by atoms with Crippen molar-refractivity contribution >= 4 is 28.6 Å². The van der Waals surface area contributed by atoms with Crippen LogP contribution in [0.1, 0.15) is 16.1 Å². The summed E-state index contributed by atoms with van der Waals surface area (Å²) in [5, 5.41) is 9.67. The molecule has 3 rings (SSSR count). The highest BCUT2D eigenvalue weighted by molar-refractivity contribution is 6.32. The Hall–Kier alpha value is -2.53. The summed E-state index contributed by atoms with van der Waals surface area (Å²) >= 11 is 6.01. The van der Waals surface area contributed by atoms with Gasteiger partial charge in [0.25, 0.3) is 0 Å². The first-order chi connectivity index (χ1) is 10.1. The maximum Gasteiger partial charge on any atom is 0.337 e. The quantitative estimate of drug-likeness (QED) is 0.773. The molecule has 0 saturated carbocycles. The number of rotatable bonds is 4. The topological polar surface area (TPSA) is 75.2 Å². The summed E-state index contributed by atoms with van der Waals surface area (Å²) in [7, 11) is 0. The lowest BCUT2D eigenvalue weighted by Gasteiger charge is -2.05. The average Bonchev–Trinajstić information content (AvgIpc) is 2.88. The Morgan fingerprint density at radius 2 is 2.14 bits per heavy atom. The van der Waals surface area contributed by atoms with Crippen LogP contribution in [0.3, 0.4) is 0 Å². The Balaban J connectivity index is 1.87. The fraction of sp³-hybridized carbons (Fsp3) is 0.0667. The third-order valence-electron chi connectivity index (χ3n) is 3.03. The van der Waals surface area contributed by atoms with Gasteiger partial charge in [-0.25, -0.2) is 4.79 Å². The molecule has 5 nitrogen and oxygen atoms in total. The first-order valence-electron chi connectivity index (χ1n) is 6.22. The molecule has 0 aliphatic carbocycles. The van der Waals surface area contributed by atoms with Gasteiger partial charge in [0.1, 0.15) is 12.4 Å². The maximum atomic E-state index is 11.2. The van der Waals surface area contributed by atoms with E-state index in [1.165, 1.54) is 12.3 Å². The van der Waals surface area contributed by atoms with Gasteiger partial charge in [-0.2, -0.15) is 0 Å². The molecule has 106 valence electrons. The Labute approximate surface area is 125 Å². The molecule has 6 heteroatoms.